The third-order valence-electron chi connectivity index (χ3n) is 2.24. The Morgan fingerprint density at radius 1 is 1.67 bits per heavy atom. The second-order valence-electron chi connectivity index (χ2n) is 3.42. The van der Waals surface area contributed by atoms with Gasteiger partial charge in [0.15, 0.2) is 6.04 Å². The van der Waals surface area contributed by atoms with Crippen molar-refractivity contribution in [3.8, 4) is 0 Å². The van der Waals surface area contributed by atoms with Crippen molar-refractivity contribution < 1.29 is 9.53 Å². The highest BCUT2D eigenvalue weighted by molar-refractivity contribution is 7.16. The lowest BCUT2D eigenvalue weighted by molar-refractivity contribution is -0.143. The molecule has 0 aliphatic rings. The Balaban J connectivity index is 2.08. The molecule has 2 heterocycles. The van der Waals surface area contributed by atoms with Crippen LogP contribution in [0.25, 0.3) is 0 Å². The van der Waals surface area contributed by atoms with Crippen molar-refractivity contribution in [2.45, 2.75) is 12.6 Å². The third kappa shape index (κ3) is 3.29. The van der Waals surface area contributed by atoms with Crippen molar-refractivity contribution in [2.24, 2.45) is 0 Å². The van der Waals surface area contributed by atoms with E-state index in [0.717, 1.165) is 4.88 Å². The van der Waals surface area contributed by atoms with E-state index in [9.17, 15) is 4.79 Å². The number of hydrogen-bond acceptors (Lipinski definition) is 6. The number of ether oxygens (including phenoxy) is 1. The van der Waals surface area contributed by atoms with Crippen LogP contribution in [0, 0.1) is 0 Å². The molecular formula is C11H11ClN2O2S2. The zero-order chi connectivity index (χ0) is 13.0. The van der Waals surface area contributed by atoms with Crippen molar-refractivity contribution >= 4 is 40.2 Å². The molecular weight excluding hydrogens is 292 g/mol. The van der Waals surface area contributed by atoms with Gasteiger partial charge in [-0.05, 0) is 11.4 Å². The minimum atomic E-state index is -0.574. The molecule has 2 aromatic rings. The average molecular weight is 303 g/mol. The van der Waals surface area contributed by atoms with E-state index < -0.39 is 6.04 Å². The second-order valence-corrected chi connectivity index (χ2v) is 6.14. The monoisotopic (exact) mass is 302 g/mol. The largest absolute Gasteiger partial charge is 0.468 e. The lowest BCUT2D eigenvalue weighted by Crippen LogP contribution is -2.28. The van der Waals surface area contributed by atoms with E-state index in [2.05, 4.69) is 10.3 Å². The molecule has 96 valence electrons. The predicted molar refractivity (Wildman–Crippen MR) is 73.0 cm³/mol. The van der Waals surface area contributed by atoms with Crippen LogP contribution in [0.1, 0.15) is 15.9 Å². The smallest absolute Gasteiger partial charge is 0.330 e. The Hall–Kier alpha value is -0.950. The van der Waals surface area contributed by atoms with Gasteiger partial charge in [0.05, 0.1) is 13.3 Å². The SMILES string of the molecule is COC(=O)C(NCc1cccs1)c1ncc(Cl)s1. The molecule has 0 aliphatic heterocycles. The van der Waals surface area contributed by atoms with Crippen LogP contribution < -0.4 is 5.32 Å². The average Bonchev–Trinajstić information content (AvgIpc) is 3.01. The molecule has 2 aromatic heterocycles. The number of thiazole rings is 1. The van der Waals surface area contributed by atoms with Gasteiger partial charge in [-0.25, -0.2) is 9.78 Å². The maximum absolute atomic E-state index is 11.7. The zero-order valence-corrected chi connectivity index (χ0v) is 11.9. The molecule has 1 atom stereocenters. The van der Waals surface area contributed by atoms with Gasteiger partial charge in [-0.15, -0.1) is 22.7 Å². The Labute approximate surface area is 118 Å². The number of carbonyl (C=O) groups excluding carboxylic acids is 1. The van der Waals surface area contributed by atoms with Crippen LogP contribution in [0.5, 0.6) is 0 Å². The van der Waals surface area contributed by atoms with Gasteiger partial charge in [-0.3, -0.25) is 5.32 Å². The molecule has 7 heteroatoms. The molecule has 1 N–H and O–H groups in total. The first-order chi connectivity index (χ1) is 8.70. The van der Waals surface area contributed by atoms with Gasteiger partial charge in [0.2, 0.25) is 0 Å². The number of aromatic nitrogens is 1. The molecule has 0 radical (unpaired) electrons. The molecule has 0 fully saturated rings. The number of nitrogens with one attached hydrogen (secondary N) is 1. The summed E-state index contributed by atoms with van der Waals surface area (Å²) in [5.41, 5.74) is 0. The van der Waals surface area contributed by atoms with E-state index in [1.807, 2.05) is 17.5 Å². The van der Waals surface area contributed by atoms with E-state index >= 15 is 0 Å². The van der Waals surface area contributed by atoms with Gasteiger partial charge in [0.1, 0.15) is 9.34 Å². The second kappa shape index (κ2) is 6.29. The molecule has 0 amide bonds. The number of rotatable bonds is 5. The maximum Gasteiger partial charge on any atom is 0.330 e. The molecule has 4 nitrogen and oxygen atoms in total. The van der Waals surface area contributed by atoms with Crippen molar-refractivity contribution in [2.75, 3.05) is 7.11 Å². The fourth-order valence-corrected chi connectivity index (χ4v) is 3.06. The van der Waals surface area contributed by atoms with E-state index in [1.54, 1.807) is 11.3 Å². The number of nitrogens with zero attached hydrogens (tertiary/aromatic N) is 1. The van der Waals surface area contributed by atoms with Gasteiger partial charge in [0, 0.05) is 11.4 Å². The summed E-state index contributed by atoms with van der Waals surface area (Å²) in [5, 5.41) is 5.73. The summed E-state index contributed by atoms with van der Waals surface area (Å²) in [5.74, 6) is -0.363. The van der Waals surface area contributed by atoms with E-state index in [0.29, 0.717) is 15.9 Å². The minimum absolute atomic E-state index is 0.363. The van der Waals surface area contributed by atoms with Crippen LogP contribution in [-0.2, 0) is 16.1 Å². The molecule has 1 unspecified atom stereocenters. The fourth-order valence-electron chi connectivity index (χ4n) is 1.41. The number of carbonyl (C=O) groups is 1. The van der Waals surface area contributed by atoms with Gasteiger partial charge in [0.25, 0.3) is 0 Å². The van der Waals surface area contributed by atoms with Gasteiger partial charge in [-0.2, -0.15) is 0 Å². The molecule has 0 aliphatic carbocycles. The highest BCUT2D eigenvalue weighted by atomic mass is 35.5. The normalized spacial score (nSPS) is 12.3. The van der Waals surface area contributed by atoms with Crippen LogP contribution >= 0.6 is 34.3 Å². The van der Waals surface area contributed by atoms with Gasteiger partial charge >= 0.3 is 5.97 Å². The Bertz CT molecular complexity index is 513. The summed E-state index contributed by atoms with van der Waals surface area (Å²) in [7, 11) is 1.36. The van der Waals surface area contributed by atoms with E-state index in [-0.39, 0.29) is 5.97 Å². The molecule has 0 bridgehead atoms. The first-order valence-electron chi connectivity index (χ1n) is 5.15. The minimum Gasteiger partial charge on any atom is -0.468 e. The number of hydrogen-bond donors (Lipinski definition) is 1. The Kier molecular flexibility index (Phi) is 4.71. The summed E-state index contributed by atoms with van der Waals surface area (Å²) in [6.07, 6.45) is 1.53. The summed E-state index contributed by atoms with van der Waals surface area (Å²) >= 11 is 8.73. The molecule has 2 rings (SSSR count). The quantitative estimate of drug-likeness (QED) is 0.863. The molecule has 0 saturated heterocycles. The lowest BCUT2D eigenvalue weighted by Gasteiger charge is -2.13. The van der Waals surface area contributed by atoms with Crippen LogP contribution in [0.2, 0.25) is 4.34 Å². The summed E-state index contributed by atoms with van der Waals surface area (Å²) in [6, 6.07) is 3.39. The van der Waals surface area contributed by atoms with Crippen LogP contribution in [-0.4, -0.2) is 18.1 Å². The van der Waals surface area contributed by atoms with Crippen LogP contribution in [0.15, 0.2) is 23.7 Å². The van der Waals surface area contributed by atoms with Gasteiger partial charge in [-0.1, -0.05) is 17.7 Å². The number of thiophene rings is 1. The van der Waals surface area contributed by atoms with E-state index in [1.165, 1.54) is 24.6 Å². The van der Waals surface area contributed by atoms with Crippen molar-refractivity contribution in [3.05, 3.63) is 37.9 Å². The Morgan fingerprint density at radius 3 is 3.06 bits per heavy atom. The van der Waals surface area contributed by atoms with E-state index in [4.69, 9.17) is 16.3 Å². The van der Waals surface area contributed by atoms with Gasteiger partial charge < -0.3 is 4.74 Å². The first-order valence-corrected chi connectivity index (χ1v) is 7.23. The number of methoxy groups -OCH3 is 1. The third-order valence-corrected chi connectivity index (χ3v) is 4.30. The van der Waals surface area contributed by atoms with Crippen molar-refractivity contribution in [3.63, 3.8) is 0 Å². The Morgan fingerprint density at radius 2 is 2.50 bits per heavy atom. The molecule has 0 saturated carbocycles. The molecule has 0 spiro atoms. The lowest BCUT2D eigenvalue weighted by atomic mass is 10.3. The fraction of sp³-hybridized carbons (Fsp3) is 0.273. The predicted octanol–water partition coefficient (Wildman–Crippen LogP) is 2.86. The highest BCUT2D eigenvalue weighted by Gasteiger charge is 2.24. The first kappa shape index (κ1) is 13.5. The summed E-state index contributed by atoms with van der Waals surface area (Å²) in [6.45, 7) is 0.592. The maximum atomic E-state index is 11.7. The van der Waals surface area contributed by atoms with Crippen molar-refractivity contribution in [1.82, 2.24) is 10.3 Å². The van der Waals surface area contributed by atoms with Crippen LogP contribution in [0.4, 0.5) is 0 Å². The topological polar surface area (TPSA) is 51.2 Å². The molecule has 0 aromatic carbocycles. The highest BCUT2D eigenvalue weighted by Crippen LogP contribution is 2.25. The number of halogens is 1. The summed E-state index contributed by atoms with van der Waals surface area (Å²) in [4.78, 5) is 17.0. The number of esters is 1. The van der Waals surface area contributed by atoms with Crippen molar-refractivity contribution in [1.29, 1.82) is 0 Å². The summed E-state index contributed by atoms with van der Waals surface area (Å²) < 4.78 is 5.32. The standard InChI is InChI=1S/C11H11ClN2O2S2/c1-16-11(15)9(10-14-6-8(12)18-10)13-5-7-3-2-4-17-7/h2-4,6,9,13H,5H2,1H3. The molecule has 18 heavy (non-hydrogen) atoms. The zero-order valence-electron chi connectivity index (χ0n) is 9.55. The van der Waals surface area contributed by atoms with Crippen LogP contribution in [0.3, 0.4) is 0 Å².